The number of aromatic nitrogens is 4. The highest BCUT2D eigenvalue weighted by atomic mass is 32.2. The molecule has 0 unspecified atom stereocenters. The van der Waals surface area contributed by atoms with E-state index in [1.54, 1.807) is 0 Å². The SMILES string of the molecule is CC(C)(C)C(=O)CSc1nc2[nH]ncc2c(=O)n1-c1ccccc1. The Kier molecular flexibility index (Phi) is 4.28. The van der Waals surface area contributed by atoms with Crippen LogP contribution in [-0.4, -0.2) is 31.3 Å². The number of para-hydroxylation sites is 1. The van der Waals surface area contributed by atoms with Crippen molar-refractivity contribution in [2.24, 2.45) is 5.41 Å². The number of thioether (sulfide) groups is 1. The highest BCUT2D eigenvalue weighted by Gasteiger charge is 2.23. The van der Waals surface area contributed by atoms with Gasteiger partial charge < -0.3 is 0 Å². The van der Waals surface area contributed by atoms with Gasteiger partial charge in [0.05, 0.1) is 17.6 Å². The van der Waals surface area contributed by atoms with Crippen LogP contribution >= 0.6 is 11.8 Å². The van der Waals surface area contributed by atoms with E-state index in [9.17, 15) is 9.59 Å². The lowest BCUT2D eigenvalue weighted by Crippen LogP contribution is -2.24. The molecular weight excluding hydrogens is 324 g/mol. The fourth-order valence-electron chi connectivity index (χ4n) is 2.12. The summed E-state index contributed by atoms with van der Waals surface area (Å²) in [5, 5.41) is 7.51. The number of Topliss-reactive ketones (excluding diaryl/α,β-unsaturated/α-hetero) is 1. The minimum Gasteiger partial charge on any atom is -0.298 e. The van der Waals surface area contributed by atoms with Gasteiger partial charge in [-0.3, -0.25) is 19.3 Å². The molecule has 0 saturated heterocycles. The summed E-state index contributed by atoms with van der Waals surface area (Å²) >= 11 is 1.26. The van der Waals surface area contributed by atoms with Crippen molar-refractivity contribution >= 4 is 28.6 Å². The van der Waals surface area contributed by atoms with E-state index in [0.29, 0.717) is 21.9 Å². The summed E-state index contributed by atoms with van der Waals surface area (Å²) in [5.41, 5.74) is 0.510. The summed E-state index contributed by atoms with van der Waals surface area (Å²) in [7, 11) is 0. The molecule has 6 nitrogen and oxygen atoms in total. The fraction of sp³-hybridized carbons (Fsp3) is 0.294. The van der Waals surface area contributed by atoms with Gasteiger partial charge in [0.25, 0.3) is 5.56 Å². The Morgan fingerprint density at radius 3 is 2.62 bits per heavy atom. The first kappa shape index (κ1) is 16.4. The monoisotopic (exact) mass is 342 g/mol. The van der Waals surface area contributed by atoms with Crippen LogP contribution in [0.25, 0.3) is 16.7 Å². The van der Waals surface area contributed by atoms with Crippen LogP contribution in [0.4, 0.5) is 0 Å². The quantitative estimate of drug-likeness (QED) is 0.582. The van der Waals surface area contributed by atoms with Gasteiger partial charge in [0, 0.05) is 5.41 Å². The Hall–Kier alpha value is -2.41. The van der Waals surface area contributed by atoms with Gasteiger partial charge in [0.2, 0.25) is 0 Å². The smallest absolute Gasteiger partial charge is 0.269 e. The zero-order chi connectivity index (χ0) is 17.3. The van der Waals surface area contributed by atoms with Crippen molar-refractivity contribution < 1.29 is 4.79 Å². The zero-order valence-electron chi connectivity index (χ0n) is 13.7. The second kappa shape index (κ2) is 6.24. The van der Waals surface area contributed by atoms with E-state index >= 15 is 0 Å². The molecule has 0 aliphatic heterocycles. The predicted octanol–water partition coefficient (Wildman–Crippen LogP) is 2.82. The molecule has 0 spiro atoms. The van der Waals surface area contributed by atoms with Crippen LogP contribution in [0.2, 0.25) is 0 Å². The molecule has 0 atom stereocenters. The third-order valence-corrected chi connectivity index (χ3v) is 4.57. The van der Waals surface area contributed by atoms with Crippen LogP contribution in [0.5, 0.6) is 0 Å². The van der Waals surface area contributed by atoms with Crippen LogP contribution in [0.1, 0.15) is 20.8 Å². The Morgan fingerprint density at radius 1 is 1.25 bits per heavy atom. The summed E-state index contributed by atoms with van der Waals surface area (Å²) in [6.07, 6.45) is 1.47. The van der Waals surface area contributed by atoms with E-state index in [-0.39, 0.29) is 17.1 Å². The van der Waals surface area contributed by atoms with Gasteiger partial charge in [0.1, 0.15) is 11.2 Å². The van der Waals surface area contributed by atoms with Crippen LogP contribution in [0, 0.1) is 5.41 Å². The molecule has 1 N–H and O–H groups in total. The topological polar surface area (TPSA) is 80.6 Å². The summed E-state index contributed by atoms with van der Waals surface area (Å²) in [5.74, 6) is 0.355. The lowest BCUT2D eigenvalue weighted by atomic mass is 9.92. The Morgan fingerprint density at radius 2 is 1.96 bits per heavy atom. The highest BCUT2D eigenvalue weighted by Crippen LogP contribution is 2.24. The maximum Gasteiger partial charge on any atom is 0.269 e. The van der Waals surface area contributed by atoms with Crippen molar-refractivity contribution in [3.63, 3.8) is 0 Å². The Bertz CT molecular complexity index is 939. The molecule has 3 aromatic rings. The highest BCUT2D eigenvalue weighted by molar-refractivity contribution is 7.99. The molecule has 0 bridgehead atoms. The molecule has 0 aliphatic carbocycles. The number of hydrogen-bond donors (Lipinski definition) is 1. The lowest BCUT2D eigenvalue weighted by molar-refractivity contribution is -0.123. The van der Waals surface area contributed by atoms with Crippen LogP contribution in [0.3, 0.4) is 0 Å². The Labute approximate surface area is 143 Å². The normalized spacial score (nSPS) is 11.8. The first-order valence-electron chi connectivity index (χ1n) is 7.55. The van der Waals surface area contributed by atoms with Gasteiger partial charge >= 0.3 is 0 Å². The average molecular weight is 342 g/mol. The number of benzene rings is 1. The summed E-state index contributed by atoms with van der Waals surface area (Å²) < 4.78 is 1.53. The molecule has 0 radical (unpaired) electrons. The van der Waals surface area contributed by atoms with Crippen molar-refractivity contribution in [2.75, 3.05) is 5.75 Å². The zero-order valence-corrected chi connectivity index (χ0v) is 14.6. The van der Waals surface area contributed by atoms with Crippen molar-refractivity contribution in [3.8, 4) is 5.69 Å². The number of rotatable bonds is 4. The van der Waals surface area contributed by atoms with Gasteiger partial charge in [-0.1, -0.05) is 50.7 Å². The number of carbonyl (C=O) groups is 1. The molecule has 24 heavy (non-hydrogen) atoms. The lowest BCUT2D eigenvalue weighted by Gasteiger charge is -2.17. The van der Waals surface area contributed by atoms with Crippen molar-refractivity contribution in [3.05, 3.63) is 46.9 Å². The van der Waals surface area contributed by atoms with E-state index in [1.165, 1.54) is 22.5 Å². The van der Waals surface area contributed by atoms with E-state index in [0.717, 1.165) is 0 Å². The molecule has 2 heterocycles. The number of nitrogens with one attached hydrogen (secondary N) is 1. The number of H-pyrrole nitrogens is 1. The van der Waals surface area contributed by atoms with E-state index in [4.69, 9.17) is 0 Å². The standard InChI is InChI=1S/C17H18N4O2S/c1-17(2,3)13(22)10-24-16-19-14-12(9-18-20-14)15(23)21(16)11-7-5-4-6-8-11/h4-9H,10H2,1-3H3,(H,18,20). The maximum absolute atomic E-state index is 12.8. The number of ketones is 1. The molecule has 0 amide bonds. The predicted molar refractivity (Wildman–Crippen MR) is 94.7 cm³/mol. The van der Waals surface area contributed by atoms with Gasteiger partial charge in [-0.25, -0.2) is 4.98 Å². The number of carbonyl (C=O) groups excluding carboxylic acids is 1. The maximum atomic E-state index is 12.8. The molecule has 0 saturated carbocycles. The number of nitrogens with zero attached hydrogens (tertiary/aromatic N) is 3. The molecule has 0 aliphatic rings. The van der Waals surface area contributed by atoms with Gasteiger partial charge in [-0.2, -0.15) is 5.10 Å². The Balaban J connectivity index is 2.09. The molecular formula is C17H18N4O2S. The molecule has 124 valence electrons. The fourth-order valence-corrected chi connectivity index (χ4v) is 3.29. The van der Waals surface area contributed by atoms with Crippen LogP contribution in [0.15, 0.2) is 46.5 Å². The first-order valence-corrected chi connectivity index (χ1v) is 8.54. The van der Waals surface area contributed by atoms with E-state index < -0.39 is 5.41 Å². The molecule has 7 heteroatoms. The third-order valence-electron chi connectivity index (χ3n) is 3.63. The van der Waals surface area contributed by atoms with Crippen molar-refractivity contribution in [1.29, 1.82) is 0 Å². The van der Waals surface area contributed by atoms with Crippen LogP contribution < -0.4 is 5.56 Å². The van der Waals surface area contributed by atoms with Gasteiger partial charge in [-0.15, -0.1) is 0 Å². The second-order valence-corrected chi connectivity index (χ2v) is 7.41. The van der Waals surface area contributed by atoms with Crippen molar-refractivity contribution in [1.82, 2.24) is 19.7 Å². The minimum absolute atomic E-state index is 0.103. The first-order chi connectivity index (χ1) is 11.4. The number of hydrogen-bond acceptors (Lipinski definition) is 5. The van der Waals surface area contributed by atoms with E-state index in [1.807, 2.05) is 51.1 Å². The van der Waals surface area contributed by atoms with Gasteiger partial charge in [-0.05, 0) is 12.1 Å². The van der Waals surface area contributed by atoms with Crippen LogP contribution in [-0.2, 0) is 4.79 Å². The third kappa shape index (κ3) is 3.12. The summed E-state index contributed by atoms with van der Waals surface area (Å²) in [6, 6.07) is 9.27. The number of aromatic amines is 1. The molecule has 0 fully saturated rings. The second-order valence-electron chi connectivity index (χ2n) is 6.46. The molecule has 1 aromatic carbocycles. The molecule has 3 rings (SSSR count). The summed E-state index contributed by atoms with van der Waals surface area (Å²) in [6.45, 7) is 5.64. The number of fused-ring (bicyclic) bond motifs is 1. The largest absolute Gasteiger partial charge is 0.298 e. The van der Waals surface area contributed by atoms with Gasteiger partial charge in [0.15, 0.2) is 10.8 Å². The van der Waals surface area contributed by atoms with E-state index in [2.05, 4.69) is 15.2 Å². The minimum atomic E-state index is -0.428. The summed E-state index contributed by atoms with van der Waals surface area (Å²) in [4.78, 5) is 29.5. The molecule has 2 aromatic heterocycles. The van der Waals surface area contributed by atoms with Crippen molar-refractivity contribution in [2.45, 2.75) is 25.9 Å². The average Bonchev–Trinajstić information content (AvgIpc) is 3.01.